The quantitative estimate of drug-likeness (QED) is 0.674. The fourth-order valence-corrected chi connectivity index (χ4v) is 10.2. The number of nitrogens with two attached hydrogens (primary N) is 1. The van der Waals surface area contributed by atoms with Gasteiger partial charge in [0.1, 0.15) is 0 Å². The van der Waals surface area contributed by atoms with Crippen molar-refractivity contribution in [2.75, 3.05) is 13.1 Å². The molecule has 1 saturated heterocycles. The van der Waals surface area contributed by atoms with Gasteiger partial charge in [-0.1, -0.05) is 13.8 Å². The van der Waals surface area contributed by atoms with Gasteiger partial charge in [-0.05, 0) is 118 Å². The summed E-state index contributed by atoms with van der Waals surface area (Å²) in [5, 5.41) is 12.4. The van der Waals surface area contributed by atoms with Gasteiger partial charge in [-0.2, -0.15) is 0 Å². The van der Waals surface area contributed by atoms with E-state index in [9.17, 15) is 9.90 Å². The molecule has 5 nitrogen and oxygen atoms in total. The van der Waals surface area contributed by atoms with Gasteiger partial charge in [-0.3, -0.25) is 4.90 Å². The lowest BCUT2D eigenvalue weighted by atomic mass is 9.43. The molecule has 188 valence electrons. The normalized spacial score (nSPS) is 48.8. The summed E-state index contributed by atoms with van der Waals surface area (Å²) in [5.74, 6) is 2.07. The van der Waals surface area contributed by atoms with E-state index in [4.69, 9.17) is 10.2 Å². The number of hydrogen-bond donors (Lipinski definition) is 2. The third-order valence-corrected chi connectivity index (χ3v) is 12.1. The largest absolute Gasteiger partial charge is 0.431 e. The zero-order chi connectivity index (χ0) is 23.7. The molecule has 1 aliphatic heterocycles. The van der Waals surface area contributed by atoms with Crippen molar-refractivity contribution in [3.63, 3.8) is 0 Å². The number of rotatable bonds is 3. The summed E-state index contributed by atoms with van der Waals surface area (Å²) >= 11 is 0. The van der Waals surface area contributed by atoms with Crippen LogP contribution in [0, 0.1) is 28.6 Å². The van der Waals surface area contributed by atoms with E-state index in [-0.39, 0.29) is 17.0 Å². The predicted molar refractivity (Wildman–Crippen MR) is 133 cm³/mol. The standard InChI is InChI=1S/C29H44N2O3/c1-27-12-9-21(31-15-3-4-22(31)17-30)16-20(27)6-7-25-24(27)10-13-28(2)23(11-14-29(25,28)33)19-5-8-26(32)34-18-19/h5,8,18,20-25,33H,3-4,6-7,9-17,30H2,1-2H3/t20-,21+,22?,23-,24+,25-,27+,28-,29+/m1/s1. The minimum atomic E-state index is -0.610. The average molecular weight is 469 g/mol. The lowest BCUT2D eigenvalue weighted by Gasteiger charge is -2.64. The van der Waals surface area contributed by atoms with Gasteiger partial charge < -0.3 is 15.3 Å². The monoisotopic (exact) mass is 468 g/mol. The molecule has 1 aromatic heterocycles. The fraction of sp³-hybridized carbons (Fsp3) is 0.828. The number of hydrogen-bond acceptors (Lipinski definition) is 5. The lowest BCUT2D eigenvalue weighted by Crippen LogP contribution is -2.62. The first-order valence-corrected chi connectivity index (χ1v) is 14.1. The van der Waals surface area contributed by atoms with E-state index in [0.717, 1.165) is 37.3 Å². The van der Waals surface area contributed by atoms with Crippen LogP contribution in [0.15, 0.2) is 27.6 Å². The molecule has 1 aromatic rings. The van der Waals surface area contributed by atoms with E-state index in [0.29, 0.717) is 29.3 Å². The molecule has 34 heavy (non-hydrogen) atoms. The molecule has 0 radical (unpaired) electrons. The molecule has 0 spiro atoms. The van der Waals surface area contributed by atoms with Crippen molar-refractivity contribution in [3.05, 3.63) is 34.4 Å². The molecule has 0 bridgehead atoms. The minimum absolute atomic E-state index is 0.140. The van der Waals surface area contributed by atoms with Crippen molar-refractivity contribution in [2.45, 2.75) is 108 Å². The van der Waals surface area contributed by atoms with Crippen molar-refractivity contribution in [2.24, 2.45) is 34.3 Å². The summed E-state index contributed by atoms with van der Waals surface area (Å²) in [7, 11) is 0. The van der Waals surface area contributed by atoms with Crippen LogP contribution in [0.2, 0.25) is 0 Å². The summed E-state index contributed by atoms with van der Waals surface area (Å²) < 4.78 is 5.24. The van der Waals surface area contributed by atoms with Crippen LogP contribution in [-0.2, 0) is 0 Å². The average Bonchev–Trinajstić information content (AvgIpc) is 3.41. The van der Waals surface area contributed by atoms with E-state index >= 15 is 0 Å². The Morgan fingerprint density at radius 2 is 1.91 bits per heavy atom. The van der Waals surface area contributed by atoms with Crippen LogP contribution in [0.4, 0.5) is 0 Å². The van der Waals surface area contributed by atoms with Crippen LogP contribution in [0.25, 0.3) is 0 Å². The second kappa shape index (κ2) is 8.18. The molecule has 5 fully saturated rings. The highest BCUT2D eigenvalue weighted by Gasteiger charge is 2.67. The molecule has 9 atom stereocenters. The van der Waals surface area contributed by atoms with Crippen molar-refractivity contribution >= 4 is 0 Å². The fourth-order valence-electron chi connectivity index (χ4n) is 10.2. The zero-order valence-corrected chi connectivity index (χ0v) is 21.2. The van der Waals surface area contributed by atoms with Crippen LogP contribution in [-0.4, -0.2) is 40.8 Å². The van der Waals surface area contributed by atoms with Crippen molar-refractivity contribution < 1.29 is 9.52 Å². The van der Waals surface area contributed by atoms with Gasteiger partial charge in [0.15, 0.2) is 0 Å². The molecular formula is C29H44N2O3. The second-order valence-corrected chi connectivity index (χ2v) is 13.1. The summed E-state index contributed by atoms with van der Waals surface area (Å²) in [5.41, 5.74) is 6.53. The zero-order valence-electron chi connectivity index (χ0n) is 21.2. The van der Waals surface area contributed by atoms with E-state index in [2.05, 4.69) is 18.7 Å². The number of nitrogens with zero attached hydrogens (tertiary/aromatic N) is 1. The second-order valence-electron chi connectivity index (χ2n) is 13.1. The Balaban J connectivity index is 1.24. The molecule has 5 aliphatic rings. The van der Waals surface area contributed by atoms with Crippen LogP contribution in [0.3, 0.4) is 0 Å². The van der Waals surface area contributed by atoms with Gasteiger partial charge in [0, 0.05) is 30.1 Å². The van der Waals surface area contributed by atoms with E-state index < -0.39 is 5.60 Å². The maximum atomic E-state index is 12.4. The van der Waals surface area contributed by atoms with E-state index in [1.54, 1.807) is 12.3 Å². The Kier molecular flexibility index (Phi) is 5.59. The highest BCUT2D eigenvalue weighted by molar-refractivity contribution is 5.27. The highest BCUT2D eigenvalue weighted by atomic mass is 16.4. The van der Waals surface area contributed by atoms with Gasteiger partial charge in [0.2, 0.25) is 0 Å². The van der Waals surface area contributed by atoms with Gasteiger partial charge in [-0.15, -0.1) is 0 Å². The third kappa shape index (κ3) is 3.18. The molecule has 0 aromatic carbocycles. The first kappa shape index (κ1) is 23.2. The molecule has 0 amide bonds. The van der Waals surface area contributed by atoms with Crippen LogP contribution >= 0.6 is 0 Å². The predicted octanol–water partition coefficient (Wildman–Crippen LogP) is 4.67. The van der Waals surface area contributed by atoms with Gasteiger partial charge in [0.25, 0.3) is 0 Å². The third-order valence-electron chi connectivity index (χ3n) is 12.1. The molecule has 5 heteroatoms. The van der Waals surface area contributed by atoms with Gasteiger partial charge in [-0.25, -0.2) is 4.79 Å². The van der Waals surface area contributed by atoms with Crippen molar-refractivity contribution in [1.82, 2.24) is 4.90 Å². The summed E-state index contributed by atoms with van der Waals surface area (Å²) in [6.07, 6.45) is 14.8. The minimum Gasteiger partial charge on any atom is -0.431 e. The molecule has 1 unspecified atom stereocenters. The summed E-state index contributed by atoms with van der Waals surface area (Å²) in [4.78, 5) is 14.3. The summed E-state index contributed by atoms with van der Waals surface area (Å²) in [6.45, 7) is 6.96. The lowest BCUT2D eigenvalue weighted by molar-refractivity contribution is -0.204. The first-order chi connectivity index (χ1) is 16.3. The Labute approximate surface area is 204 Å². The first-order valence-electron chi connectivity index (χ1n) is 14.1. The van der Waals surface area contributed by atoms with E-state index in [1.165, 1.54) is 57.9 Å². The maximum absolute atomic E-state index is 12.4. The van der Waals surface area contributed by atoms with Gasteiger partial charge in [0.05, 0.1) is 11.9 Å². The number of aliphatic hydroxyl groups is 1. The maximum Gasteiger partial charge on any atom is 0.335 e. The van der Waals surface area contributed by atoms with Crippen LogP contribution in [0.1, 0.15) is 96.0 Å². The Hall–Kier alpha value is -1.17. The highest BCUT2D eigenvalue weighted by Crippen LogP contribution is 2.70. The smallest absolute Gasteiger partial charge is 0.335 e. The molecule has 3 N–H and O–H groups in total. The molecule has 4 saturated carbocycles. The Morgan fingerprint density at radius 3 is 2.68 bits per heavy atom. The topological polar surface area (TPSA) is 79.7 Å². The van der Waals surface area contributed by atoms with Crippen molar-refractivity contribution in [1.29, 1.82) is 0 Å². The van der Waals surface area contributed by atoms with Crippen molar-refractivity contribution in [3.8, 4) is 0 Å². The van der Waals surface area contributed by atoms with Crippen LogP contribution < -0.4 is 11.4 Å². The number of fused-ring (bicyclic) bond motifs is 5. The summed E-state index contributed by atoms with van der Waals surface area (Å²) in [6, 6.07) is 4.79. The van der Waals surface area contributed by atoms with E-state index in [1.807, 2.05) is 6.07 Å². The Bertz CT molecular complexity index is 958. The molecule has 2 heterocycles. The molecule has 6 rings (SSSR count). The Morgan fingerprint density at radius 1 is 1.06 bits per heavy atom. The van der Waals surface area contributed by atoms with Gasteiger partial charge >= 0.3 is 5.63 Å². The molecule has 4 aliphatic carbocycles. The van der Waals surface area contributed by atoms with Crippen LogP contribution in [0.5, 0.6) is 0 Å². The number of likely N-dealkylation sites (tertiary alicyclic amines) is 1. The SMILES string of the molecule is C[C@]12CC[C@H](N3CCCC3CN)C[C@H]1CC[C@@H]1[C@@H]2CC[C@]2(C)[C@@H](c3ccc(=O)oc3)CC[C@]12O. The molecular weight excluding hydrogens is 424 g/mol.